The standard InChI is InChI=1S/C14H24N2O2/c1-4-17-9-12-6-8-18-10-13(12)14-5-7-15-16(14)11(2)3/h5,7,11-13H,4,6,8-10H2,1-3H3/t12-,13+/m1/s1. The van der Waals surface area contributed by atoms with Crippen molar-refractivity contribution < 1.29 is 9.47 Å². The van der Waals surface area contributed by atoms with Gasteiger partial charge < -0.3 is 9.47 Å². The number of nitrogens with zero attached hydrogens (tertiary/aromatic N) is 2. The quantitative estimate of drug-likeness (QED) is 0.808. The van der Waals surface area contributed by atoms with Gasteiger partial charge >= 0.3 is 0 Å². The highest BCUT2D eigenvalue weighted by molar-refractivity contribution is 5.11. The van der Waals surface area contributed by atoms with Crippen LogP contribution in [-0.2, 0) is 9.47 Å². The van der Waals surface area contributed by atoms with Gasteiger partial charge in [-0.1, -0.05) is 0 Å². The maximum atomic E-state index is 5.65. The van der Waals surface area contributed by atoms with Crippen molar-refractivity contribution in [1.82, 2.24) is 9.78 Å². The van der Waals surface area contributed by atoms with Crippen molar-refractivity contribution in [3.05, 3.63) is 18.0 Å². The molecule has 0 bridgehead atoms. The highest BCUT2D eigenvalue weighted by atomic mass is 16.5. The third kappa shape index (κ3) is 2.93. The number of hydrogen-bond acceptors (Lipinski definition) is 3. The summed E-state index contributed by atoms with van der Waals surface area (Å²) >= 11 is 0. The summed E-state index contributed by atoms with van der Waals surface area (Å²) in [7, 11) is 0. The number of rotatable bonds is 5. The zero-order chi connectivity index (χ0) is 13.0. The summed E-state index contributed by atoms with van der Waals surface area (Å²) in [5, 5.41) is 4.43. The predicted octanol–water partition coefficient (Wildman–Crippen LogP) is 2.62. The lowest BCUT2D eigenvalue weighted by atomic mass is 9.86. The van der Waals surface area contributed by atoms with Crippen LogP contribution in [0.2, 0.25) is 0 Å². The van der Waals surface area contributed by atoms with Crippen molar-refractivity contribution in [1.29, 1.82) is 0 Å². The van der Waals surface area contributed by atoms with Crippen LogP contribution in [0.5, 0.6) is 0 Å². The molecule has 1 aliphatic heterocycles. The molecule has 0 N–H and O–H groups in total. The molecule has 0 aliphatic carbocycles. The maximum absolute atomic E-state index is 5.65. The van der Waals surface area contributed by atoms with Crippen LogP contribution in [0.25, 0.3) is 0 Å². The fourth-order valence-electron chi connectivity index (χ4n) is 2.63. The van der Waals surface area contributed by atoms with E-state index in [2.05, 4.69) is 29.7 Å². The minimum atomic E-state index is 0.393. The van der Waals surface area contributed by atoms with Gasteiger partial charge in [-0.3, -0.25) is 4.68 Å². The minimum absolute atomic E-state index is 0.393. The normalized spacial score (nSPS) is 24.7. The van der Waals surface area contributed by atoms with Crippen LogP contribution in [0.15, 0.2) is 12.3 Å². The van der Waals surface area contributed by atoms with Crippen LogP contribution in [0, 0.1) is 5.92 Å². The highest BCUT2D eigenvalue weighted by Crippen LogP contribution is 2.32. The Morgan fingerprint density at radius 1 is 1.56 bits per heavy atom. The van der Waals surface area contributed by atoms with Crippen LogP contribution in [0.1, 0.15) is 44.8 Å². The molecule has 0 spiro atoms. The first-order valence-electron chi connectivity index (χ1n) is 6.93. The Hall–Kier alpha value is -0.870. The average Bonchev–Trinajstić information content (AvgIpc) is 2.86. The molecule has 102 valence electrons. The van der Waals surface area contributed by atoms with Gasteiger partial charge in [0.25, 0.3) is 0 Å². The molecule has 2 rings (SSSR count). The molecule has 4 nitrogen and oxygen atoms in total. The molecular formula is C14H24N2O2. The molecular weight excluding hydrogens is 228 g/mol. The van der Waals surface area contributed by atoms with Gasteiger partial charge in [-0.05, 0) is 39.2 Å². The largest absolute Gasteiger partial charge is 0.381 e. The van der Waals surface area contributed by atoms with Crippen LogP contribution < -0.4 is 0 Å². The second-order valence-electron chi connectivity index (χ2n) is 5.18. The Bertz CT molecular complexity index is 362. The Labute approximate surface area is 109 Å². The van der Waals surface area contributed by atoms with Crippen LogP contribution in [0.4, 0.5) is 0 Å². The van der Waals surface area contributed by atoms with E-state index in [1.807, 2.05) is 13.1 Å². The lowest BCUT2D eigenvalue weighted by Gasteiger charge is -2.32. The molecule has 2 heterocycles. The molecule has 1 aromatic heterocycles. The predicted molar refractivity (Wildman–Crippen MR) is 70.8 cm³/mol. The SMILES string of the molecule is CCOC[C@H]1CCOC[C@@H]1c1ccnn1C(C)C. The Balaban J connectivity index is 2.14. The van der Waals surface area contributed by atoms with Gasteiger partial charge in [0.2, 0.25) is 0 Å². The number of ether oxygens (including phenoxy) is 2. The fraction of sp³-hybridized carbons (Fsp3) is 0.786. The molecule has 1 aromatic rings. The molecule has 1 fully saturated rings. The van der Waals surface area contributed by atoms with E-state index in [1.165, 1.54) is 5.69 Å². The molecule has 0 amide bonds. The van der Waals surface area contributed by atoms with E-state index in [9.17, 15) is 0 Å². The summed E-state index contributed by atoms with van der Waals surface area (Å²) in [6, 6.07) is 2.52. The van der Waals surface area contributed by atoms with E-state index in [-0.39, 0.29) is 0 Å². The van der Waals surface area contributed by atoms with Gasteiger partial charge in [-0.25, -0.2) is 0 Å². The Kier molecular flexibility index (Phi) is 4.78. The van der Waals surface area contributed by atoms with Crippen molar-refractivity contribution in [3.63, 3.8) is 0 Å². The lowest BCUT2D eigenvalue weighted by molar-refractivity contribution is 0.00450. The molecule has 0 saturated carbocycles. The van der Waals surface area contributed by atoms with Crippen molar-refractivity contribution >= 4 is 0 Å². The minimum Gasteiger partial charge on any atom is -0.381 e. The second kappa shape index (κ2) is 6.34. The molecule has 0 radical (unpaired) electrons. The van der Waals surface area contributed by atoms with Crippen LogP contribution >= 0.6 is 0 Å². The van der Waals surface area contributed by atoms with Gasteiger partial charge in [0.05, 0.1) is 13.2 Å². The third-order valence-corrected chi connectivity index (χ3v) is 3.61. The van der Waals surface area contributed by atoms with Gasteiger partial charge in [0.15, 0.2) is 0 Å². The van der Waals surface area contributed by atoms with Crippen molar-refractivity contribution in [2.45, 2.75) is 39.2 Å². The molecule has 0 aromatic carbocycles. The average molecular weight is 252 g/mol. The van der Waals surface area contributed by atoms with E-state index in [0.29, 0.717) is 17.9 Å². The van der Waals surface area contributed by atoms with Crippen molar-refractivity contribution in [2.75, 3.05) is 26.4 Å². The van der Waals surface area contributed by atoms with Crippen molar-refractivity contribution in [2.24, 2.45) is 5.92 Å². The molecule has 18 heavy (non-hydrogen) atoms. The first-order valence-corrected chi connectivity index (χ1v) is 6.93. The van der Waals surface area contributed by atoms with Gasteiger partial charge in [-0.2, -0.15) is 5.10 Å². The molecule has 4 heteroatoms. The summed E-state index contributed by atoms with van der Waals surface area (Å²) in [4.78, 5) is 0. The fourth-order valence-corrected chi connectivity index (χ4v) is 2.63. The second-order valence-corrected chi connectivity index (χ2v) is 5.18. The summed E-state index contributed by atoms with van der Waals surface area (Å²) in [5.74, 6) is 0.961. The monoisotopic (exact) mass is 252 g/mol. The number of aromatic nitrogens is 2. The van der Waals surface area contributed by atoms with Gasteiger partial charge in [0, 0.05) is 37.1 Å². The van der Waals surface area contributed by atoms with Crippen molar-refractivity contribution in [3.8, 4) is 0 Å². The third-order valence-electron chi connectivity index (χ3n) is 3.61. The molecule has 1 saturated heterocycles. The maximum Gasteiger partial charge on any atom is 0.0553 e. The molecule has 0 unspecified atom stereocenters. The highest BCUT2D eigenvalue weighted by Gasteiger charge is 2.30. The van der Waals surface area contributed by atoms with Gasteiger partial charge in [-0.15, -0.1) is 0 Å². The van der Waals surface area contributed by atoms with E-state index in [0.717, 1.165) is 32.8 Å². The first kappa shape index (κ1) is 13.6. The smallest absolute Gasteiger partial charge is 0.0553 e. The summed E-state index contributed by atoms with van der Waals surface area (Å²) in [5.41, 5.74) is 1.29. The topological polar surface area (TPSA) is 36.3 Å². The zero-order valence-electron chi connectivity index (χ0n) is 11.6. The van der Waals surface area contributed by atoms with E-state index in [4.69, 9.17) is 9.47 Å². The summed E-state index contributed by atoms with van der Waals surface area (Å²) < 4.78 is 13.4. The number of hydrogen-bond donors (Lipinski definition) is 0. The van der Waals surface area contributed by atoms with E-state index in [1.54, 1.807) is 0 Å². The summed E-state index contributed by atoms with van der Waals surface area (Å²) in [6.07, 6.45) is 2.97. The molecule has 2 atom stereocenters. The van der Waals surface area contributed by atoms with E-state index < -0.39 is 0 Å². The Morgan fingerprint density at radius 2 is 2.39 bits per heavy atom. The zero-order valence-corrected chi connectivity index (χ0v) is 11.6. The van der Waals surface area contributed by atoms with Gasteiger partial charge in [0.1, 0.15) is 0 Å². The molecule has 1 aliphatic rings. The van der Waals surface area contributed by atoms with Crippen LogP contribution in [0.3, 0.4) is 0 Å². The lowest BCUT2D eigenvalue weighted by Crippen LogP contribution is -2.31. The first-order chi connectivity index (χ1) is 8.74. The van der Waals surface area contributed by atoms with Crippen LogP contribution in [-0.4, -0.2) is 36.2 Å². The Morgan fingerprint density at radius 3 is 3.11 bits per heavy atom. The van der Waals surface area contributed by atoms with E-state index >= 15 is 0 Å². The summed E-state index contributed by atoms with van der Waals surface area (Å²) in [6.45, 7) is 9.63.